The van der Waals surface area contributed by atoms with Gasteiger partial charge in [0.25, 0.3) is 0 Å². The Balaban J connectivity index is 1.28. The molecule has 1 aromatic heterocycles. The fourth-order valence-corrected chi connectivity index (χ4v) is 5.74. The Kier molecular flexibility index (Phi) is 8.06. The Bertz CT molecular complexity index is 1420. The largest absolute Gasteiger partial charge is 0.454 e. The molecule has 5 rings (SSSR count). The van der Waals surface area contributed by atoms with Crippen LogP contribution in [-0.4, -0.2) is 57.3 Å². The van der Waals surface area contributed by atoms with Gasteiger partial charge in [0.05, 0.1) is 17.4 Å². The van der Waals surface area contributed by atoms with Gasteiger partial charge in [-0.1, -0.05) is 31.0 Å². The maximum atomic E-state index is 13.5. The molecular formula is C28H30N4O6S. The summed E-state index contributed by atoms with van der Waals surface area (Å²) in [5.74, 6) is -1.05. The van der Waals surface area contributed by atoms with E-state index in [1.54, 1.807) is 31.2 Å². The minimum atomic E-state index is -1.82. The zero-order valence-electron chi connectivity index (χ0n) is 21.6. The Morgan fingerprint density at radius 2 is 1.82 bits per heavy atom. The molecular weight excluding hydrogens is 520 g/mol. The first-order valence-corrected chi connectivity index (χ1v) is 14.4. The fourth-order valence-electron chi connectivity index (χ4n) is 4.86. The van der Waals surface area contributed by atoms with Crippen molar-refractivity contribution < 1.29 is 28.1 Å². The number of fused-ring (bicyclic) bond motifs is 2. The van der Waals surface area contributed by atoms with Gasteiger partial charge in [-0.05, 0) is 44.0 Å². The lowest BCUT2D eigenvalue weighted by Gasteiger charge is -2.29. The van der Waals surface area contributed by atoms with Crippen LogP contribution in [0.2, 0.25) is 0 Å². The van der Waals surface area contributed by atoms with Gasteiger partial charge in [-0.15, -0.1) is 0 Å². The molecule has 0 spiro atoms. The topological polar surface area (TPSA) is 127 Å². The minimum absolute atomic E-state index is 0.0839. The van der Waals surface area contributed by atoms with Gasteiger partial charge in [-0.3, -0.25) is 28.5 Å². The maximum Gasteiger partial charge on any atom is 0.243 e. The second-order valence-corrected chi connectivity index (χ2v) is 11.1. The number of rotatable bonds is 9. The van der Waals surface area contributed by atoms with E-state index in [2.05, 4.69) is 15.6 Å². The summed E-state index contributed by atoms with van der Waals surface area (Å²) in [5, 5.41) is 6.52. The van der Waals surface area contributed by atoms with E-state index in [0.717, 1.165) is 36.6 Å². The van der Waals surface area contributed by atoms with Crippen molar-refractivity contribution in [2.24, 2.45) is 0 Å². The Labute approximate surface area is 228 Å². The molecule has 2 heterocycles. The standard InChI is InChI=1S/C28H30N4O6S/c1-18(28(35)31-20-7-3-4-8-20)32(22-12-19-6-2-5-9-23(19)29-14-22)27(34)16-39(36)15-26(33)30-21-10-11-24-25(13-21)38-17-37-24/h2,5-6,9-14,18,20H,3-4,7-8,15-17H2,1H3,(H,30,33)(H,31,35)/t18-,39-/m0/s1. The van der Waals surface area contributed by atoms with Crippen molar-refractivity contribution in [1.29, 1.82) is 0 Å². The predicted octanol–water partition coefficient (Wildman–Crippen LogP) is 3.13. The normalized spacial score (nSPS) is 16.0. The number of ether oxygens (including phenoxy) is 2. The zero-order valence-corrected chi connectivity index (χ0v) is 22.4. The maximum absolute atomic E-state index is 13.5. The molecule has 2 aliphatic rings. The molecule has 204 valence electrons. The first-order chi connectivity index (χ1) is 18.9. The highest BCUT2D eigenvalue weighted by Gasteiger charge is 2.31. The predicted molar refractivity (Wildman–Crippen MR) is 148 cm³/mol. The van der Waals surface area contributed by atoms with Crippen molar-refractivity contribution in [2.75, 3.05) is 28.5 Å². The number of hydrogen-bond donors (Lipinski definition) is 2. The van der Waals surface area contributed by atoms with Gasteiger partial charge in [-0.2, -0.15) is 0 Å². The quantitative estimate of drug-likeness (QED) is 0.419. The van der Waals surface area contributed by atoms with Crippen LogP contribution in [-0.2, 0) is 25.2 Å². The van der Waals surface area contributed by atoms with Crippen LogP contribution in [0.3, 0.4) is 0 Å². The zero-order chi connectivity index (χ0) is 27.4. The summed E-state index contributed by atoms with van der Waals surface area (Å²) in [5.41, 5.74) is 1.64. The van der Waals surface area contributed by atoms with Gasteiger partial charge >= 0.3 is 0 Å². The lowest BCUT2D eigenvalue weighted by molar-refractivity contribution is -0.125. The summed E-state index contributed by atoms with van der Waals surface area (Å²) in [6.07, 6.45) is 5.47. The number of para-hydroxylation sites is 1. The molecule has 3 aromatic rings. The van der Waals surface area contributed by atoms with Crippen molar-refractivity contribution in [2.45, 2.75) is 44.7 Å². The van der Waals surface area contributed by atoms with Gasteiger partial charge < -0.3 is 20.1 Å². The summed E-state index contributed by atoms with van der Waals surface area (Å²) in [6.45, 7) is 1.76. The van der Waals surface area contributed by atoms with E-state index in [0.29, 0.717) is 22.9 Å². The Hall–Kier alpha value is -3.99. The minimum Gasteiger partial charge on any atom is -0.454 e. The Morgan fingerprint density at radius 1 is 1.05 bits per heavy atom. The number of hydrogen-bond acceptors (Lipinski definition) is 7. The van der Waals surface area contributed by atoms with Crippen LogP contribution in [0.4, 0.5) is 11.4 Å². The molecule has 0 saturated heterocycles. The second-order valence-electron chi connectivity index (χ2n) is 9.66. The number of nitrogens with zero attached hydrogens (tertiary/aromatic N) is 2. The molecule has 2 aromatic carbocycles. The van der Waals surface area contributed by atoms with Gasteiger partial charge in [0.15, 0.2) is 11.5 Å². The highest BCUT2D eigenvalue weighted by molar-refractivity contribution is 7.86. The highest BCUT2D eigenvalue weighted by atomic mass is 32.2. The van der Waals surface area contributed by atoms with Crippen LogP contribution in [0.5, 0.6) is 11.5 Å². The number of carbonyl (C=O) groups is 3. The van der Waals surface area contributed by atoms with Crippen LogP contribution < -0.4 is 25.0 Å². The number of amides is 3. The fraction of sp³-hybridized carbons (Fsp3) is 0.357. The summed E-state index contributed by atoms with van der Waals surface area (Å²) in [6, 6.07) is 13.4. The lowest BCUT2D eigenvalue weighted by atomic mass is 10.1. The molecule has 10 nitrogen and oxygen atoms in total. The van der Waals surface area contributed by atoms with Crippen LogP contribution >= 0.6 is 0 Å². The first kappa shape index (κ1) is 26.6. The number of nitrogens with one attached hydrogen (secondary N) is 2. The van der Waals surface area contributed by atoms with E-state index in [9.17, 15) is 18.6 Å². The van der Waals surface area contributed by atoms with Crippen LogP contribution in [0.1, 0.15) is 32.6 Å². The van der Waals surface area contributed by atoms with Gasteiger partial charge in [-0.25, -0.2) is 0 Å². The molecule has 2 atom stereocenters. The van der Waals surface area contributed by atoms with E-state index >= 15 is 0 Å². The van der Waals surface area contributed by atoms with E-state index in [-0.39, 0.29) is 24.5 Å². The third-order valence-electron chi connectivity index (χ3n) is 6.82. The summed E-state index contributed by atoms with van der Waals surface area (Å²) in [7, 11) is -1.82. The number of aromatic nitrogens is 1. The molecule has 1 aliphatic carbocycles. The molecule has 0 unspecified atom stereocenters. The molecule has 3 amide bonds. The van der Waals surface area contributed by atoms with Gasteiger partial charge in [0.1, 0.15) is 17.5 Å². The van der Waals surface area contributed by atoms with Gasteiger partial charge in [0, 0.05) is 34.0 Å². The highest BCUT2D eigenvalue weighted by Crippen LogP contribution is 2.34. The lowest BCUT2D eigenvalue weighted by Crippen LogP contribution is -2.51. The first-order valence-electron chi connectivity index (χ1n) is 12.9. The van der Waals surface area contributed by atoms with E-state index < -0.39 is 34.4 Å². The van der Waals surface area contributed by atoms with Gasteiger partial charge in [0.2, 0.25) is 24.5 Å². The monoisotopic (exact) mass is 550 g/mol. The number of anilines is 2. The van der Waals surface area contributed by atoms with Crippen molar-refractivity contribution in [3.8, 4) is 11.5 Å². The second kappa shape index (κ2) is 11.8. The Morgan fingerprint density at radius 3 is 2.64 bits per heavy atom. The molecule has 2 N–H and O–H groups in total. The van der Waals surface area contributed by atoms with Crippen LogP contribution in [0.25, 0.3) is 10.9 Å². The van der Waals surface area contributed by atoms with Crippen molar-refractivity contribution in [3.05, 3.63) is 54.7 Å². The van der Waals surface area contributed by atoms with Crippen molar-refractivity contribution >= 4 is 50.8 Å². The number of benzene rings is 2. The molecule has 39 heavy (non-hydrogen) atoms. The number of carbonyl (C=O) groups excluding carboxylic acids is 3. The summed E-state index contributed by atoms with van der Waals surface area (Å²) in [4.78, 5) is 45.0. The third-order valence-corrected chi connectivity index (χ3v) is 7.98. The smallest absolute Gasteiger partial charge is 0.243 e. The number of pyridine rings is 1. The average molecular weight is 551 g/mol. The van der Waals surface area contributed by atoms with Crippen molar-refractivity contribution in [1.82, 2.24) is 10.3 Å². The van der Waals surface area contributed by atoms with E-state index in [1.165, 1.54) is 11.1 Å². The molecule has 1 fully saturated rings. The van der Waals surface area contributed by atoms with Crippen LogP contribution in [0, 0.1) is 0 Å². The molecule has 1 saturated carbocycles. The van der Waals surface area contributed by atoms with E-state index in [4.69, 9.17) is 9.47 Å². The summed E-state index contributed by atoms with van der Waals surface area (Å²) >= 11 is 0. The van der Waals surface area contributed by atoms with Crippen molar-refractivity contribution in [3.63, 3.8) is 0 Å². The van der Waals surface area contributed by atoms with Crippen LogP contribution in [0.15, 0.2) is 54.7 Å². The molecule has 11 heteroatoms. The van der Waals surface area contributed by atoms with E-state index in [1.807, 2.05) is 24.3 Å². The third kappa shape index (κ3) is 6.36. The average Bonchev–Trinajstić information content (AvgIpc) is 3.60. The molecule has 1 aliphatic heterocycles. The summed E-state index contributed by atoms with van der Waals surface area (Å²) < 4.78 is 23.5. The molecule has 0 radical (unpaired) electrons. The SMILES string of the molecule is C[C@@H](C(=O)NC1CCCC1)N(C(=O)C[S@@](=O)CC(=O)Nc1ccc2c(c1)OCO2)c1cnc2ccccc2c1. The molecule has 0 bridgehead atoms.